The van der Waals surface area contributed by atoms with Crippen molar-refractivity contribution in [1.29, 1.82) is 0 Å². The zero-order valence-electron chi connectivity index (χ0n) is 7.32. The molecule has 1 aromatic rings. The van der Waals surface area contributed by atoms with Crippen LogP contribution < -0.4 is 5.73 Å². The molecule has 0 aliphatic carbocycles. The molecule has 0 spiro atoms. The average molecular weight is 167 g/mol. The molecule has 66 valence electrons. The van der Waals surface area contributed by atoms with Crippen LogP contribution in [0.4, 0.5) is 0 Å². The number of ether oxygens (including phenoxy) is 1. The van der Waals surface area contributed by atoms with E-state index < -0.39 is 5.54 Å². The van der Waals surface area contributed by atoms with Gasteiger partial charge in [0, 0.05) is 25.1 Å². The smallest absolute Gasteiger partial charge is 0.115 e. The van der Waals surface area contributed by atoms with Gasteiger partial charge in [0.2, 0.25) is 0 Å². The SMILES string of the molecule is COCC(C)(N)c1cncnc1. The fraction of sp³-hybridized carbons (Fsp3) is 0.500. The Kier molecular flexibility index (Phi) is 2.73. The summed E-state index contributed by atoms with van der Waals surface area (Å²) >= 11 is 0. The van der Waals surface area contributed by atoms with Gasteiger partial charge in [-0.1, -0.05) is 0 Å². The van der Waals surface area contributed by atoms with Gasteiger partial charge < -0.3 is 10.5 Å². The minimum atomic E-state index is -0.504. The molecule has 4 heteroatoms. The van der Waals surface area contributed by atoms with Crippen molar-refractivity contribution in [2.75, 3.05) is 13.7 Å². The predicted molar refractivity (Wildman–Crippen MR) is 45.4 cm³/mol. The summed E-state index contributed by atoms with van der Waals surface area (Å²) in [5.74, 6) is 0. The van der Waals surface area contributed by atoms with Crippen LogP contribution in [0.25, 0.3) is 0 Å². The van der Waals surface area contributed by atoms with E-state index in [4.69, 9.17) is 10.5 Å². The summed E-state index contributed by atoms with van der Waals surface area (Å²) in [4.78, 5) is 7.77. The predicted octanol–water partition coefficient (Wildman–Crippen LogP) is 0.297. The van der Waals surface area contributed by atoms with Crippen LogP contribution in [-0.2, 0) is 10.3 Å². The third-order valence-electron chi connectivity index (χ3n) is 1.66. The number of nitrogens with two attached hydrogens (primary N) is 1. The molecule has 1 unspecified atom stereocenters. The van der Waals surface area contributed by atoms with Gasteiger partial charge in [0.25, 0.3) is 0 Å². The molecule has 0 bridgehead atoms. The Morgan fingerprint density at radius 1 is 1.50 bits per heavy atom. The standard InChI is InChI=1S/C8H13N3O/c1-8(9,5-12-2)7-3-10-6-11-4-7/h3-4,6H,5,9H2,1-2H3. The van der Waals surface area contributed by atoms with E-state index in [1.54, 1.807) is 19.5 Å². The summed E-state index contributed by atoms with van der Waals surface area (Å²) in [6.07, 6.45) is 4.88. The molecule has 0 amide bonds. The molecule has 0 aliphatic rings. The molecule has 0 saturated heterocycles. The highest BCUT2D eigenvalue weighted by molar-refractivity contribution is 5.14. The Balaban J connectivity index is 2.82. The second-order valence-corrected chi connectivity index (χ2v) is 2.98. The van der Waals surface area contributed by atoms with E-state index in [2.05, 4.69) is 9.97 Å². The molecular weight excluding hydrogens is 154 g/mol. The molecule has 1 aromatic heterocycles. The molecule has 0 saturated carbocycles. The van der Waals surface area contributed by atoms with Crippen LogP contribution in [0, 0.1) is 0 Å². The van der Waals surface area contributed by atoms with Crippen molar-refractivity contribution >= 4 is 0 Å². The molecule has 1 heterocycles. The second-order valence-electron chi connectivity index (χ2n) is 2.98. The van der Waals surface area contributed by atoms with Gasteiger partial charge in [0.15, 0.2) is 0 Å². The third kappa shape index (κ3) is 1.99. The first-order chi connectivity index (χ1) is 5.67. The lowest BCUT2D eigenvalue weighted by molar-refractivity contribution is 0.140. The van der Waals surface area contributed by atoms with Gasteiger partial charge >= 0.3 is 0 Å². The highest BCUT2D eigenvalue weighted by atomic mass is 16.5. The van der Waals surface area contributed by atoms with E-state index in [0.29, 0.717) is 6.61 Å². The summed E-state index contributed by atoms with van der Waals surface area (Å²) in [5, 5.41) is 0. The van der Waals surface area contributed by atoms with Crippen LogP contribution in [0.3, 0.4) is 0 Å². The van der Waals surface area contributed by atoms with Gasteiger partial charge in [0.05, 0.1) is 12.1 Å². The van der Waals surface area contributed by atoms with Crippen molar-refractivity contribution in [3.63, 3.8) is 0 Å². The van der Waals surface area contributed by atoms with Crippen LogP contribution in [0.5, 0.6) is 0 Å². The minimum Gasteiger partial charge on any atom is -0.382 e. The normalized spacial score (nSPS) is 15.6. The fourth-order valence-electron chi connectivity index (χ4n) is 0.977. The van der Waals surface area contributed by atoms with Crippen LogP contribution in [0.15, 0.2) is 18.7 Å². The maximum absolute atomic E-state index is 5.94. The number of hydrogen-bond acceptors (Lipinski definition) is 4. The zero-order chi connectivity index (χ0) is 9.03. The molecule has 1 rings (SSSR count). The number of methoxy groups -OCH3 is 1. The average Bonchev–Trinajstić information content (AvgIpc) is 2.06. The summed E-state index contributed by atoms with van der Waals surface area (Å²) in [7, 11) is 1.62. The summed E-state index contributed by atoms with van der Waals surface area (Å²) in [5.41, 5.74) is 6.32. The summed E-state index contributed by atoms with van der Waals surface area (Å²) in [6.45, 7) is 2.34. The molecule has 0 aromatic carbocycles. The molecule has 12 heavy (non-hydrogen) atoms. The maximum Gasteiger partial charge on any atom is 0.115 e. The van der Waals surface area contributed by atoms with Gasteiger partial charge in [0.1, 0.15) is 6.33 Å². The highest BCUT2D eigenvalue weighted by Crippen LogP contribution is 2.14. The second kappa shape index (κ2) is 3.60. The Morgan fingerprint density at radius 3 is 2.58 bits per heavy atom. The van der Waals surface area contributed by atoms with E-state index in [9.17, 15) is 0 Å². The molecule has 0 radical (unpaired) electrons. The van der Waals surface area contributed by atoms with E-state index in [1.807, 2.05) is 6.92 Å². The first kappa shape index (κ1) is 9.09. The van der Waals surface area contributed by atoms with Crippen molar-refractivity contribution < 1.29 is 4.74 Å². The van der Waals surface area contributed by atoms with Crippen LogP contribution >= 0.6 is 0 Å². The Bertz CT molecular complexity index is 235. The first-order valence-electron chi connectivity index (χ1n) is 3.70. The van der Waals surface area contributed by atoms with E-state index >= 15 is 0 Å². The van der Waals surface area contributed by atoms with Gasteiger partial charge in [-0.25, -0.2) is 9.97 Å². The van der Waals surface area contributed by atoms with Crippen molar-refractivity contribution in [3.8, 4) is 0 Å². The topological polar surface area (TPSA) is 61.0 Å². The van der Waals surface area contributed by atoms with Crippen LogP contribution in [-0.4, -0.2) is 23.7 Å². The molecule has 0 fully saturated rings. The van der Waals surface area contributed by atoms with Crippen molar-refractivity contribution in [3.05, 3.63) is 24.3 Å². The van der Waals surface area contributed by atoms with E-state index in [-0.39, 0.29) is 0 Å². The van der Waals surface area contributed by atoms with Crippen LogP contribution in [0.1, 0.15) is 12.5 Å². The minimum absolute atomic E-state index is 0.459. The number of aromatic nitrogens is 2. The Morgan fingerprint density at radius 2 is 2.08 bits per heavy atom. The highest BCUT2D eigenvalue weighted by Gasteiger charge is 2.21. The Labute approximate surface area is 71.8 Å². The third-order valence-corrected chi connectivity index (χ3v) is 1.66. The van der Waals surface area contributed by atoms with Gasteiger partial charge in [-0.3, -0.25) is 0 Å². The molecule has 2 N–H and O–H groups in total. The first-order valence-corrected chi connectivity index (χ1v) is 3.70. The number of rotatable bonds is 3. The monoisotopic (exact) mass is 167 g/mol. The maximum atomic E-state index is 5.94. The largest absolute Gasteiger partial charge is 0.382 e. The quantitative estimate of drug-likeness (QED) is 0.703. The van der Waals surface area contributed by atoms with Crippen molar-refractivity contribution in [2.45, 2.75) is 12.5 Å². The summed E-state index contributed by atoms with van der Waals surface area (Å²) < 4.78 is 4.98. The Hall–Kier alpha value is -1.00. The molecule has 1 atom stereocenters. The lowest BCUT2D eigenvalue weighted by atomic mass is 9.97. The number of nitrogens with zero attached hydrogens (tertiary/aromatic N) is 2. The van der Waals surface area contributed by atoms with E-state index in [0.717, 1.165) is 5.56 Å². The van der Waals surface area contributed by atoms with E-state index in [1.165, 1.54) is 6.33 Å². The molecular formula is C8H13N3O. The van der Waals surface area contributed by atoms with Gasteiger partial charge in [-0.2, -0.15) is 0 Å². The lowest BCUT2D eigenvalue weighted by Crippen LogP contribution is -2.37. The van der Waals surface area contributed by atoms with Gasteiger partial charge in [-0.15, -0.1) is 0 Å². The van der Waals surface area contributed by atoms with Crippen molar-refractivity contribution in [2.24, 2.45) is 5.73 Å². The molecule has 4 nitrogen and oxygen atoms in total. The zero-order valence-corrected chi connectivity index (χ0v) is 7.32. The summed E-state index contributed by atoms with van der Waals surface area (Å²) in [6, 6.07) is 0. The molecule has 0 aliphatic heterocycles. The fourth-order valence-corrected chi connectivity index (χ4v) is 0.977. The van der Waals surface area contributed by atoms with Crippen molar-refractivity contribution in [1.82, 2.24) is 9.97 Å². The lowest BCUT2D eigenvalue weighted by Gasteiger charge is -2.22. The van der Waals surface area contributed by atoms with Gasteiger partial charge in [-0.05, 0) is 6.92 Å². The number of hydrogen-bond donors (Lipinski definition) is 1. The van der Waals surface area contributed by atoms with Crippen LogP contribution in [0.2, 0.25) is 0 Å².